The minimum atomic E-state index is -0.856. The molecule has 0 fully saturated rings. The zero-order valence-electron chi connectivity index (χ0n) is 9.49. The fraction of sp³-hybridized carbons (Fsp3) is 0.667. The van der Waals surface area contributed by atoms with Crippen molar-refractivity contribution < 1.29 is 9.84 Å². The van der Waals surface area contributed by atoms with Gasteiger partial charge in [-0.05, 0) is 32.4 Å². The van der Waals surface area contributed by atoms with Gasteiger partial charge in [-0.25, -0.2) is 0 Å². The number of halogens is 1. The van der Waals surface area contributed by atoms with Gasteiger partial charge in [0.15, 0.2) is 0 Å². The summed E-state index contributed by atoms with van der Waals surface area (Å²) < 4.78 is 5.11. The van der Waals surface area contributed by atoms with E-state index in [-0.39, 0.29) is 17.2 Å². The molecule has 0 amide bonds. The molecule has 90 valence electrons. The van der Waals surface area contributed by atoms with E-state index in [9.17, 15) is 5.11 Å². The molecule has 1 aromatic heterocycles. The number of ether oxygens (including phenoxy) is 1. The molecule has 0 radical (unpaired) electrons. The third kappa shape index (κ3) is 4.59. The second-order valence-electron chi connectivity index (χ2n) is 3.81. The number of nitrogens with one attached hydrogen (secondary N) is 1. The average molecular weight is 247 g/mol. The molecule has 0 atom stereocenters. The lowest BCUT2D eigenvalue weighted by atomic mass is 10.1. The van der Waals surface area contributed by atoms with Crippen molar-refractivity contribution >= 4 is 17.5 Å². The first-order valence-corrected chi connectivity index (χ1v) is 5.29. The molecule has 1 aromatic rings. The molecular weight excluding hydrogens is 232 g/mol. The average Bonchev–Trinajstić information content (AvgIpc) is 2.13. The third-order valence-corrected chi connectivity index (χ3v) is 1.71. The zero-order chi connectivity index (χ0) is 12.2. The van der Waals surface area contributed by atoms with Crippen LogP contribution in [-0.2, 0) is 0 Å². The lowest BCUT2D eigenvalue weighted by Gasteiger charge is -2.17. The van der Waals surface area contributed by atoms with Crippen molar-refractivity contribution in [2.24, 2.45) is 0 Å². The van der Waals surface area contributed by atoms with Crippen molar-refractivity contribution in [3.8, 4) is 6.01 Å². The molecule has 0 aliphatic carbocycles. The lowest BCUT2D eigenvalue weighted by molar-refractivity contribution is 0.0943. The zero-order valence-corrected chi connectivity index (χ0v) is 10.2. The molecule has 0 saturated heterocycles. The second-order valence-corrected chi connectivity index (χ2v) is 4.15. The molecule has 2 N–H and O–H groups in total. The monoisotopic (exact) mass is 246 g/mol. The molecule has 0 aromatic carbocycles. The summed E-state index contributed by atoms with van der Waals surface area (Å²) in [6.07, 6.45) is 0. The Hall–Kier alpha value is -1.14. The standard InChI is InChI=1S/C9H15ClN4O2/c1-4-16-8-13-6(10)12-7(14-8)11-5-9(2,3)15/h15H,4-5H2,1-3H3,(H,11,12,13,14). The van der Waals surface area contributed by atoms with Gasteiger partial charge in [-0.2, -0.15) is 15.0 Å². The van der Waals surface area contributed by atoms with Crippen LogP contribution >= 0.6 is 11.6 Å². The molecule has 7 heteroatoms. The van der Waals surface area contributed by atoms with Crippen LogP contribution < -0.4 is 10.1 Å². The van der Waals surface area contributed by atoms with Gasteiger partial charge in [-0.3, -0.25) is 0 Å². The summed E-state index contributed by atoms with van der Waals surface area (Å²) >= 11 is 5.69. The van der Waals surface area contributed by atoms with Crippen molar-refractivity contribution in [2.75, 3.05) is 18.5 Å². The van der Waals surface area contributed by atoms with Gasteiger partial charge in [-0.1, -0.05) is 0 Å². The molecular formula is C9H15ClN4O2. The Kier molecular flexibility index (Phi) is 4.26. The summed E-state index contributed by atoms with van der Waals surface area (Å²) in [5.74, 6) is 0.283. The fourth-order valence-corrected chi connectivity index (χ4v) is 1.05. The Balaban J connectivity index is 2.72. The first kappa shape index (κ1) is 12.9. The smallest absolute Gasteiger partial charge is 0.322 e. The Morgan fingerprint density at radius 3 is 2.62 bits per heavy atom. The van der Waals surface area contributed by atoms with Crippen LogP contribution in [0.15, 0.2) is 0 Å². The number of hydrogen-bond acceptors (Lipinski definition) is 6. The maximum Gasteiger partial charge on any atom is 0.322 e. The summed E-state index contributed by atoms with van der Waals surface area (Å²) in [7, 11) is 0. The highest BCUT2D eigenvalue weighted by Gasteiger charge is 2.13. The predicted molar refractivity (Wildman–Crippen MR) is 60.8 cm³/mol. The summed E-state index contributed by atoms with van der Waals surface area (Å²) in [4.78, 5) is 11.6. The number of aromatic nitrogens is 3. The van der Waals surface area contributed by atoms with E-state index in [0.29, 0.717) is 13.2 Å². The topological polar surface area (TPSA) is 80.2 Å². The summed E-state index contributed by atoms with van der Waals surface area (Å²) in [6, 6.07) is 0.167. The van der Waals surface area contributed by atoms with Crippen LogP contribution in [0.1, 0.15) is 20.8 Å². The van der Waals surface area contributed by atoms with Gasteiger partial charge in [0.05, 0.1) is 12.2 Å². The Morgan fingerprint density at radius 2 is 2.06 bits per heavy atom. The van der Waals surface area contributed by atoms with Crippen molar-refractivity contribution in [3.63, 3.8) is 0 Å². The molecule has 1 rings (SSSR count). The van der Waals surface area contributed by atoms with Crippen LogP contribution in [-0.4, -0.2) is 38.8 Å². The number of anilines is 1. The van der Waals surface area contributed by atoms with E-state index in [4.69, 9.17) is 16.3 Å². The van der Waals surface area contributed by atoms with Crippen LogP contribution in [0.2, 0.25) is 5.28 Å². The summed E-state index contributed by atoms with van der Waals surface area (Å²) in [5, 5.41) is 12.4. The Morgan fingerprint density at radius 1 is 1.38 bits per heavy atom. The van der Waals surface area contributed by atoms with E-state index in [1.165, 1.54) is 0 Å². The molecule has 0 aliphatic heterocycles. The molecule has 6 nitrogen and oxygen atoms in total. The van der Waals surface area contributed by atoms with Gasteiger partial charge in [0.2, 0.25) is 11.2 Å². The minimum absolute atomic E-state index is 0.0525. The molecule has 0 bridgehead atoms. The molecule has 0 aliphatic rings. The van der Waals surface area contributed by atoms with Crippen LogP contribution in [0.4, 0.5) is 5.95 Å². The van der Waals surface area contributed by atoms with Crippen molar-refractivity contribution in [3.05, 3.63) is 5.28 Å². The number of rotatable bonds is 5. The maximum absolute atomic E-state index is 9.52. The maximum atomic E-state index is 9.52. The highest BCUT2D eigenvalue weighted by atomic mass is 35.5. The van der Waals surface area contributed by atoms with Gasteiger partial charge < -0.3 is 15.2 Å². The van der Waals surface area contributed by atoms with E-state index < -0.39 is 5.60 Å². The Bertz CT molecular complexity index is 354. The quantitative estimate of drug-likeness (QED) is 0.810. The molecule has 0 saturated carbocycles. The van der Waals surface area contributed by atoms with Gasteiger partial charge >= 0.3 is 6.01 Å². The van der Waals surface area contributed by atoms with Crippen molar-refractivity contribution in [1.82, 2.24) is 15.0 Å². The normalized spacial score (nSPS) is 11.3. The molecule has 16 heavy (non-hydrogen) atoms. The van der Waals surface area contributed by atoms with Crippen LogP contribution in [0.5, 0.6) is 6.01 Å². The first-order valence-electron chi connectivity index (χ1n) is 4.91. The summed E-state index contributed by atoms with van der Waals surface area (Å²) in [5.41, 5.74) is -0.856. The molecule has 1 heterocycles. The predicted octanol–water partition coefficient (Wildman–Crippen LogP) is 1.11. The largest absolute Gasteiger partial charge is 0.464 e. The van der Waals surface area contributed by atoms with E-state index in [1.807, 2.05) is 6.92 Å². The second kappa shape index (κ2) is 5.27. The van der Waals surface area contributed by atoms with E-state index in [1.54, 1.807) is 13.8 Å². The third-order valence-electron chi connectivity index (χ3n) is 1.54. The van der Waals surface area contributed by atoms with Gasteiger partial charge in [0, 0.05) is 6.54 Å². The van der Waals surface area contributed by atoms with E-state index in [2.05, 4.69) is 20.3 Å². The number of aliphatic hydroxyl groups is 1. The lowest BCUT2D eigenvalue weighted by Crippen LogP contribution is -2.30. The number of nitrogens with zero attached hydrogens (tertiary/aromatic N) is 3. The van der Waals surface area contributed by atoms with Crippen molar-refractivity contribution in [1.29, 1.82) is 0 Å². The van der Waals surface area contributed by atoms with Crippen LogP contribution in [0.3, 0.4) is 0 Å². The first-order chi connectivity index (χ1) is 7.40. The van der Waals surface area contributed by atoms with Crippen LogP contribution in [0.25, 0.3) is 0 Å². The van der Waals surface area contributed by atoms with Gasteiger partial charge in [-0.15, -0.1) is 0 Å². The SMILES string of the molecule is CCOc1nc(Cl)nc(NCC(C)(C)O)n1. The fourth-order valence-electron chi connectivity index (χ4n) is 0.900. The van der Waals surface area contributed by atoms with Crippen LogP contribution in [0, 0.1) is 0 Å². The number of hydrogen-bond donors (Lipinski definition) is 2. The molecule has 0 spiro atoms. The highest BCUT2D eigenvalue weighted by Crippen LogP contribution is 2.12. The van der Waals surface area contributed by atoms with E-state index in [0.717, 1.165) is 0 Å². The minimum Gasteiger partial charge on any atom is -0.464 e. The highest BCUT2D eigenvalue weighted by molar-refractivity contribution is 6.28. The van der Waals surface area contributed by atoms with Gasteiger partial charge in [0.25, 0.3) is 0 Å². The van der Waals surface area contributed by atoms with Gasteiger partial charge in [0.1, 0.15) is 0 Å². The van der Waals surface area contributed by atoms with Crippen molar-refractivity contribution in [2.45, 2.75) is 26.4 Å². The molecule has 0 unspecified atom stereocenters. The van der Waals surface area contributed by atoms with E-state index >= 15 is 0 Å². The summed E-state index contributed by atoms with van der Waals surface area (Å²) in [6.45, 7) is 5.92. The Labute approximate surface area is 99.0 Å².